The van der Waals surface area contributed by atoms with Crippen LogP contribution >= 0.6 is 15.9 Å². The standard InChI is InChI=1S/C13H10BrN3O2/c14-10-7-15-12(9-4-2-1-3-8(9)10)17-6-5-11(18)16-13(17)19/h1-4,7H,5-6H2,(H,16,18,19). The second-order valence-corrected chi connectivity index (χ2v) is 5.08. The number of hydrogen-bond acceptors (Lipinski definition) is 3. The van der Waals surface area contributed by atoms with Gasteiger partial charge in [0.25, 0.3) is 0 Å². The third-order valence-corrected chi connectivity index (χ3v) is 3.67. The molecule has 1 aliphatic rings. The molecule has 2 heterocycles. The van der Waals surface area contributed by atoms with E-state index in [2.05, 4.69) is 26.2 Å². The van der Waals surface area contributed by atoms with Gasteiger partial charge in [-0.25, -0.2) is 9.78 Å². The Morgan fingerprint density at radius 1 is 1.21 bits per heavy atom. The van der Waals surface area contributed by atoms with E-state index < -0.39 is 6.03 Å². The summed E-state index contributed by atoms with van der Waals surface area (Å²) in [7, 11) is 0. The highest BCUT2D eigenvalue weighted by Crippen LogP contribution is 2.30. The van der Waals surface area contributed by atoms with Gasteiger partial charge in [-0.2, -0.15) is 0 Å². The molecule has 1 saturated heterocycles. The van der Waals surface area contributed by atoms with Crippen molar-refractivity contribution in [3.05, 3.63) is 34.9 Å². The molecule has 96 valence electrons. The first-order chi connectivity index (χ1) is 9.16. The molecule has 3 amide bonds. The third kappa shape index (κ3) is 2.08. The topological polar surface area (TPSA) is 62.3 Å². The van der Waals surface area contributed by atoms with Crippen molar-refractivity contribution < 1.29 is 9.59 Å². The smallest absolute Gasteiger partial charge is 0.278 e. The summed E-state index contributed by atoms with van der Waals surface area (Å²) in [6, 6.07) is 7.27. The van der Waals surface area contributed by atoms with E-state index >= 15 is 0 Å². The fourth-order valence-corrected chi connectivity index (χ4v) is 2.57. The maximum absolute atomic E-state index is 11.9. The van der Waals surface area contributed by atoms with E-state index in [-0.39, 0.29) is 12.3 Å². The Labute approximate surface area is 117 Å². The van der Waals surface area contributed by atoms with Gasteiger partial charge < -0.3 is 0 Å². The Balaban J connectivity index is 2.13. The zero-order chi connectivity index (χ0) is 13.4. The van der Waals surface area contributed by atoms with Gasteiger partial charge in [0, 0.05) is 34.4 Å². The minimum atomic E-state index is -0.420. The molecule has 1 aromatic heterocycles. The van der Waals surface area contributed by atoms with Crippen LogP contribution in [0.3, 0.4) is 0 Å². The van der Waals surface area contributed by atoms with E-state index in [4.69, 9.17) is 0 Å². The van der Waals surface area contributed by atoms with Crippen molar-refractivity contribution >= 4 is 44.5 Å². The number of rotatable bonds is 1. The van der Waals surface area contributed by atoms with Crippen LogP contribution in [0.2, 0.25) is 0 Å². The SMILES string of the molecule is O=C1CCN(c2ncc(Br)c3ccccc23)C(=O)N1. The molecule has 0 aliphatic carbocycles. The number of nitrogens with one attached hydrogen (secondary N) is 1. The Bertz CT molecular complexity index is 687. The molecule has 2 aromatic rings. The molecule has 6 heteroatoms. The first kappa shape index (κ1) is 12.1. The molecule has 0 spiro atoms. The Morgan fingerprint density at radius 3 is 2.68 bits per heavy atom. The summed E-state index contributed by atoms with van der Waals surface area (Å²) in [6.45, 7) is 0.350. The highest BCUT2D eigenvalue weighted by atomic mass is 79.9. The van der Waals surface area contributed by atoms with E-state index in [1.807, 2.05) is 24.3 Å². The van der Waals surface area contributed by atoms with Crippen LogP contribution in [0.4, 0.5) is 10.6 Å². The lowest BCUT2D eigenvalue weighted by Gasteiger charge is -2.26. The van der Waals surface area contributed by atoms with Crippen molar-refractivity contribution in [3.63, 3.8) is 0 Å². The lowest BCUT2D eigenvalue weighted by Crippen LogP contribution is -2.50. The molecule has 0 atom stereocenters. The number of urea groups is 1. The molecule has 19 heavy (non-hydrogen) atoms. The predicted octanol–water partition coefficient (Wildman–Crippen LogP) is 2.44. The number of imide groups is 1. The quantitative estimate of drug-likeness (QED) is 0.878. The third-order valence-electron chi connectivity index (χ3n) is 3.04. The number of anilines is 1. The number of nitrogens with zero attached hydrogens (tertiary/aromatic N) is 2. The molecule has 1 aliphatic heterocycles. The van der Waals surface area contributed by atoms with Gasteiger partial charge in [0.05, 0.1) is 0 Å². The zero-order valence-corrected chi connectivity index (χ0v) is 11.5. The largest absolute Gasteiger partial charge is 0.329 e. The normalized spacial score (nSPS) is 15.7. The number of benzene rings is 1. The van der Waals surface area contributed by atoms with Crippen molar-refractivity contribution in [2.24, 2.45) is 0 Å². The first-order valence-corrected chi connectivity index (χ1v) is 6.61. The summed E-state index contributed by atoms with van der Waals surface area (Å²) in [5.41, 5.74) is 0. The van der Waals surface area contributed by atoms with E-state index in [0.717, 1.165) is 15.2 Å². The Kier molecular flexibility index (Phi) is 2.94. The number of pyridine rings is 1. The Morgan fingerprint density at radius 2 is 1.95 bits per heavy atom. The minimum Gasteiger partial charge on any atom is -0.278 e. The summed E-state index contributed by atoms with van der Waals surface area (Å²) in [4.78, 5) is 28.9. The van der Waals surface area contributed by atoms with Gasteiger partial charge in [-0.3, -0.25) is 15.0 Å². The molecule has 0 saturated carbocycles. The van der Waals surface area contributed by atoms with Crippen molar-refractivity contribution in [3.8, 4) is 0 Å². The lowest BCUT2D eigenvalue weighted by atomic mass is 10.1. The van der Waals surface area contributed by atoms with Crippen molar-refractivity contribution in [2.45, 2.75) is 6.42 Å². The van der Waals surface area contributed by atoms with E-state index in [0.29, 0.717) is 12.4 Å². The highest BCUT2D eigenvalue weighted by molar-refractivity contribution is 9.10. The van der Waals surface area contributed by atoms with Crippen molar-refractivity contribution in [2.75, 3.05) is 11.4 Å². The van der Waals surface area contributed by atoms with Gasteiger partial charge in [0.15, 0.2) is 0 Å². The van der Waals surface area contributed by atoms with Crippen LogP contribution in [-0.2, 0) is 4.79 Å². The van der Waals surface area contributed by atoms with Gasteiger partial charge in [0.2, 0.25) is 5.91 Å². The molecular formula is C13H10BrN3O2. The molecular weight excluding hydrogens is 310 g/mol. The average molecular weight is 320 g/mol. The maximum Gasteiger partial charge on any atom is 0.329 e. The molecule has 0 unspecified atom stereocenters. The highest BCUT2D eigenvalue weighted by Gasteiger charge is 2.26. The fourth-order valence-electron chi connectivity index (χ4n) is 2.12. The first-order valence-electron chi connectivity index (χ1n) is 5.81. The summed E-state index contributed by atoms with van der Waals surface area (Å²) >= 11 is 3.44. The number of halogens is 1. The number of aromatic nitrogens is 1. The van der Waals surface area contributed by atoms with Crippen molar-refractivity contribution in [1.29, 1.82) is 0 Å². The van der Waals surface area contributed by atoms with Crippen LogP contribution in [0.15, 0.2) is 34.9 Å². The zero-order valence-electron chi connectivity index (χ0n) is 9.89. The van der Waals surface area contributed by atoms with Crippen LogP contribution in [0.1, 0.15) is 6.42 Å². The second-order valence-electron chi connectivity index (χ2n) is 4.23. The molecule has 3 rings (SSSR count). The molecule has 1 aromatic carbocycles. The Hall–Kier alpha value is -1.95. The van der Waals surface area contributed by atoms with Crippen molar-refractivity contribution in [1.82, 2.24) is 10.3 Å². The monoisotopic (exact) mass is 319 g/mol. The average Bonchev–Trinajstić information content (AvgIpc) is 2.41. The molecule has 0 radical (unpaired) electrons. The summed E-state index contributed by atoms with van der Waals surface area (Å²) in [6.07, 6.45) is 1.96. The number of fused-ring (bicyclic) bond motifs is 1. The van der Waals surface area contributed by atoms with Crippen LogP contribution in [0, 0.1) is 0 Å². The van der Waals surface area contributed by atoms with Gasteiger partial charge in [-0.05, 0) is 15.9 Å². The molecule has 1 N–H and O–H groups in total. The summed E-state index contributed by atoms with van der Waals surface area (Å²) in [5, 5.41) is 4.16. The van der Waals surface area contributed by atoms with Crippen LogP contribution in [0.25, 0.3) is 10.8 Å². The lowest BCUT2D eigenvalue weighted by molar-refractivity contribution is -0.120. The fraction of sp³-hybridized carbons (Fsp3) is 0.154. The number of carbonyl (C=O) groups is 2. The maximum atomic E-state index is 11.9. The predicted molar refractivity (Wildman–Crippen MR) is 74.9 cm³/mol. The molecule has 1 fully saturated rings. The van der Waals surface area contributed by atoms with Gasteiger partial charge in [-0.15, -0.1) is 0 Å². The van der Waals surface area contributed by atoms with E-state index in [1.165, 1.54) is 4.90 Å². The van der Waals surface area contributed by atoms with E-state index in [1.54, 1.807) is 6.20 Å². The van der Waals surface area contributed by atoms with Crippen LogP contribution in [-0.4, -0.2) is 23.5 Å². The molecule has 5 nitrogen and oxygen atoms in total. The summed E-state index contributed by atoms with van der Waals surface area (Å²) in [5.74, 6) is 0.325. The van der Waals surface area contributed by atoms with Gasteiger partial charge in [0.1, 0.15) is 5.82 Å². The number of amides is 3. The second kappa shape index (κ2) is 4.62. The van der Waals surface area contributed by atoms with Gasteiger partial charge in [-0.1, -0.05) is 24.3 Å². The number of carbonyl (C=O) groups excluding carboxylic acids is 2. The van der Waals surface area contributed by atoms with Gasteiger partial charge >= 0.3 is 6.03 Å². The summed E-state index contributed by atoms with van der Waals surface area (Å²) < 4.78 is 0.875. The molecule has 0 bridgehead atoms. The number of hydrogen-bond donors (Lipinski definition) is 1. The van der Waals surface area contributed by atoms with E-state index in [9.17, 15) is 9.59 Å². The van der Waals surface area contributed by atoms with Crippen LogP contribution in [0.5, 0.6) is 0 Å². The minimum absolute atomic E-state index is 0.248. The van der Waals surface area contributed by atoms with Crippen LogP contribution < -0.4 is 10.2 Å².